The van der Waals surface area contributed by atoms with Crippen molar-refractivity contribution in [1.82, 2.24) is 5.32 Å². The molecule has 1 aromatic carbocycles. The van der Waals surface area contributed by atoms with E-state index in [4.69, 9.17) is 4.84 Å². The topological polar surface area (TPSA) is 108 Å². The summed E-state index contributed by atoms with van der Waals surface area (Å²) in [5.41, 5.74) is 3.54. The first-order valence-corrected chi connectivity index (χ1v) is 14.3. The maximum Gasteiger partial charge on any atom is 0.304 e. The Balaban J connectivity index is 1.16. The average Bonchev–Trinajstić information content (AvgIpc) is 3.21. The number of amides is 1. The summed E-state index contributed by atoms with van der Waals surface area (Å²) in [4.78, 5) is 29.1. The molecular formula is C31H42N2O5. The largest absolute Gasteiger partial charge is 0.481 e. The lowest BCUT2D eigenvalue weighted by molar-refractivity contribution is -0.137. The number of hydrogen-bond donors (Lipinski definition) is 3. The molecule has 0 aromatic heterocycles. The predicted molar refractivity (Wildman–Crippen MR) is 146 cm³/mol. The second-order valence-corrected chi connectivity index (χ2v) is 12.5. The lowest BCUT2D eigenvalue weighted by Gasteiger charge is -2.57. The number of carboxylic acid groups (broad SMARTS) is 1. The number of hydrogen-bond acceptors (Lipinski definition) is 5. The molecule has 0 unspecified atom stereocenters. The van der Waals surface area contributed by atoms with E-state index in [1.165, 1.54) is 24.8 Å². The van der Waals surface area contributed by atoms with E-state index in [1.54, 1.807) is 0 Å². The maximum atomic E-state index is 12.4. The van der Waals surface area contributed by atoms with Crippen molar-refractivity contribution in [3.05, 3.63) is 47.5 Å². The van der Waals surface area contributed by atoms with Crippen LogP contribution in [0.3, 0.4) is 0 Å². The monoisotopic (exact) mass is 522 g/mol. The number of rotatable bonds is 8. The van der Waals surface area contributed by atoms with E-state index in [0.717, 1.165) is 43.4 Å². The van der Waals surface area contributed by atoms with Crippen LogP contribution in [0.1, 0.15) is 83.1 Å². The standard InChI is InChI=1S/C31H42N2O5/c1-30-14-12-23(17-22(30)8-9-24-25-10-11-27(34)31(25,2)15-13-26(24)30)33-38-19-28(35)32-18-21(16-29(36)37)20-6-4-3-5-7-20/h3-7,17,21,24-27,34H,8-16,18-19H2,1-2H3,(H,32,35)(H,36,37)/b33-23-/t21-,24-,25-,26-,27+,30-,31-/m0/s1. The average molecular weight is 523 g/mol. The molecule has 206 valence electrons. The Morgan fingerprint density at radius 3 is 2.63 bits per heavy atom. The van der Waals surface area contributed by atoms with Gasteiger partial charge in [0.1, 0.15) is 0 Å². The van der Waals surface area contributed by atoms with Crippen LogP contribution in [-0.2, 0) is 14.4 Å². The summed E-state index contributed by atoms with van der Waals surface area (Å²) < 4.78 is 0. The van der Waals surface area contributed by atoms with Crippen LogP contribution in [0.25, 0.3) is 0 Å². The first-order valence-electron chi connectivity index (χ1n) is 14.3. The number of allylic oxidation sites excluding steroid dienone is 2. The van der Waals surface area contributed by atoms with Crippen molar-refractivity contribution in [2.24, 2.45) is 33.7 Å². The zero-order chi connectivity index (χ0) is 26.9. The van der Waals surface area contributed by atoms with Crippen molar-refractivity contribution in [1.29, 1.82) is 0 Å². The highest BCUT2D eigenvalue weighted by Crippen LogP contribution is 2.65. The van der Waals surface area contributed by atoms with Gasteiger partial charge in [-0.25, -0.2) is 0 Å². The molecule has 7 atom stereocenters. The van der Waals surface area contributed by atoms with Crippen molar-refractivity contribution >= 4 is 17.6 Å². The third-order valence-corrected chi connectivity index (χ3v) is 10.5. The summed E-state index contributed by atoms with van der Waals surface area (Å²) in [6, 6.07) is 9.37. The first kappa shape index (κ1) is 26.9. The highest BCUT2D eigenvalue weighted by atomic mass is 16.6. The number of aliphatic carboxylic acids is 1. The van der Waals surface area contributed by atoms with Crippen LogP contribution in [0.15, 0.2) is 47.1 Å². The van der Waals surface area contributed by atoms with Gasteiger partial charge in [0.05, 0.1) is 18.2 Å². The molecule has 0 heterocycles. The van der Waals surface area contributed by atoms with Crippen molar-refractivity contribution < 1.29 is 24.6 Å². The lowest BCUT2D eigenvalue weighted by atomic mass is 9.47. The molecule has 3 N–H and O–H groups in total. The number of nitrogens with one attached hydrogen (secondary N) is 1. The molecule has 5 rings (SSSR count). The molecule has 0 radical (unpaired) electrons. The lowest BCUT2D eigenvalue weighted by Crippen LogP contribution is -2.51. The fraction of sp³-hybridized carbons (Fsp3) is 0.645. The Morgan fingerprint density at radius 2 is 1.87 bits per heavy atom. The molecule has 38 heavy (non-hydrogen) atoms. The molecular weight excluding hydrogens is 480 g/mol. The number of aliphatic hydroxyl groups excluding tert-OH is 1. The van der Waals surface area contributed by atoms with Crippen molar-refractivity contribution in [2.45, 2.75) is 83.7 Å². The molecule has 1 amide bonds. The van der Waals surface area contributed by atoms with Crippen molar-refractivity contribution in [2.75, 3.05) is 13.2 Å². The summed E-state index contributed by atoms with van der Waals surface area (Å²) in [6.07, 6.45) is 10.6. The minimum absolute atomic E-state index is 0.0534. The van der Waals surface area contributed by atoms with Crippen LogP contribution in [0.5, 0.6) is 0 Å². The molecule has 3 saturated carbocycles. The number of fused-ring (bicyclic) bond motifs is 5. The van der Waals surface area contributed by atoms with Gasteiger partial charge in [-0.15, -0.1) is 0 Å². The third-order valence-electron chi connectivity index (χ3n) is 10.5. The second-order valence-electron chi connectivity index (χ2n) is 12.5. The molecule has 4 aliphatic rings. The quantitative estimate of drug-likeness (QED) is 0.414. The Kier molecular flexibility index (Phi) is 7.67. The summed E-state index contributed by atoms with van der Waals surface area (Å²) in [7, 11) is 0. The number of carboxylic acids is 1. The van der Waals surface area contributed by atoms with E-state index in [-0.39, 0.29) is 48.3 Å². The molecule has 0 spiro atoms. The number of oxime groups is 1. The van der Waals surface area contributed by atoms with Gasteiger partial charge in [0, 0.05) is 12.5 Å². The highest BCUT2D eigenvalue weighted by Gasteiger charge is 2.58. The first-order chi connectivity index (χ1) is 18.2. The van der Waals surface area contributed by atoms with Crippen LogP contribution in [0.2, 0.25) is 0 Å². The van der Waals surface area contributed by atoms with Gasteiger partial charge in [0.2, 0.25) is 0 Å². The van der Waals surface area contributed by atoms with Gasteiger partial charge in [-0.2, -0.15) is 0 Å². The van der Waals surface area contributed by atoms with E-state index in [2.05, 4.69) is 30.4 Å². The molecule has 3 fully saturated rings. The van der Waals surface area contributed by atoms with Crippen LogP contribution in [0.4, 0.5) is 0 Å². The van der Waals surface area contributed by atoms with Crippen molar-refractivity contribution in [3.8, 4) is 0 Å². The summed E-state index contributed by atoms with van der Waals surface area (Å²) >= 11 is 0. The van der Waals surface area contributed by atoms with Gasteiger partial charge in [0.15, 0.2) is 6.61 Å². The number of carbonyl (C=O) groups excluding carboxylic acids is 1. The Labute approximate surface area is 225 Å². The maximum absolute atomic E-state index is 12.4. The molecule has 0 aliphatic heterocycles. The molecule has 7 heteroatoms. The number of benzene rings is 1. The van der Waals surface area contributed by atoms with Crippen molar-refractivity contribution in [3.63, 3.8) is 0 Å². The smallest absolute Gasteiger partial charge is 0.304 e. The van der Waals surface area contributed by atoms with E-state index in [1.807, 2.05) is 30.3 Å². The normalized spacial score (nSPS) is 35.9. The molecule has 7 nitrogen and oxygen atoms in total. The second kappa shape index (κ2) is 10.8. The van der Waals surface area contributed by atoms with E-state index in [0.29, 0.717) is 17.8 Å². The summed E-state index contributed by atoms with van der Waals surface area (Å²) in [5.74, 6) is 0.506. The third kappa shape index (κ3) is 5.14. The predicted octanol–water partition coefficient (Wildman–Crippen LogP) is 5.06. The minimum Gasteiger partial charge on any atom is -0.481 e. The van der Waals surface area contributed by atoms with Crippen LogP contribution < -0.4 is 5.32 Å². The SMILES string of the molecule is C[C@]12CC[C@H]3[C@@H](CCC4=C/C(=N\OCC(=O)NC[C@H](CC(=O)O)c5ccccc5)CC[C@@]43C)[C@@H]1CC[C@H]2O. The van der Waals surface area contributed by atoms with Crippen LogP contribution in [-0.4, -0.2) is 47.1 Å². The van der Waals surface area contributed by atoms with Gasteiger partial charge >= 0.3 is 5.97 Å². The zero-order valence-corrected chi connectivity index (χ0v) is 22.7. The van der Waals surface area contributed by atoms with Gasteiger partial charge in [0.25, 0.3) is 5.91 Å². The fourth-order valence-electron chi connectivity index (χ4n) is 8.32. The zero-order valence-electron chi connectivity index (χ0n) is 22.7. The Bertz CT molecular complexity index is 1100. The van der Waals surface area contributed by atoms with E-state index >= 15 is 0 Å². The number of carbonyl (C=O) groups is 2. The Morgan fingerprint density at radius 1 is 1.08 bits per heavy atom. The summed E-state index contributed by atoms with van der Waals surface area (Å²) in [6.45, 7) is 4.81. The minimum atomic E-state index is -0.898. The Hall–Kier alpha value is -2.67. The van der Waals surface area contributed by atoms with Gasteiger partial charge in [-0.3, -0.25) is 9.59 Å². The summed E-state index contributed by atoms with van der Waals surface area (Å²) in [5, 5.41) is 27.0. The van der Waals surface area contributed by atoms with Crippen LogP contribution >= 0.6 is 0 Å². The van der Waals surface area contributed by atoms with Crippen LogP contribution in [0, 0.1) is 28.6 Å². The molecule has 0 saturated heterocycles. The number of nitrogens with zero attached hydrogens (tertiary/aromatic N) is 1. The van der Waals surface area contributed by atoms with Gasteiger partial charge < -0.3 is 20.4 Å². The number of aliphatic hydroxyl groups is 1. The van der Waals surface area contributed by atoms with Gasteiger partial charge in [-0.05, 0) is 91.6 Å². The molecule has 1 aromatic rings. The fourth-order valence-corrected chi connectivity index (χ4v) is 8.32. The van der Waals surface area contributed by atoms with Gasteiger partial charge in [-0.1, -0.05) is 54.9 Å². The molecule has 0 bridgehead atoms. The molecule has 4 aliphatic carbocycles. The van der Waals surface area contributed by atoms with E-state index < -0.39 is 5.97 Å². The van der Waals surface area contributed by atoms with E-state index in [9.17, 15) is 19.8 Å². The highest BCUT2D eigenvalue weighted by molar-refractivity contribution is 5.96.